The number of piperazine rings is 1. The molecule has 2 fully saturated rings. The molecule has 0 saturated carbocycles. The van der Waals surface area contributed by atoms with Gasteiger partial charge in [0, 0.05) is 32.8 Å². The minimum atomic E-state index is 0. The highest BCUT2D eigenvalue weighted by atomic mass is 16.5. The summed E-state index contributed by atoms with van der Waals surface area (Å²) in [7, 11) is 1.00. The number of carbonyl (C=O) groups is 1. The van der Waals surface area contributed by atoms with Crippen molar-refractivity contribution in [1.82, 2.24) is 9.80 Å². The van der Waals surface area contributed by atoms with Crippen LogP contribution in [0.15, 0.2) is 0 Å². The Labute approximate surface area is 104 Å². The van der Waals surface area contributed by atoms with Gasteiger partial charge in [0.2, 0.25) is 5.91 Å². The second-order valence-electron chi connectivity index (χ2n) is 4.34. The first-order valence-electron chi connectivity index (χ1n) is 5.74. The van der Waals surface area contributed by atoms with E-state index in [9.17, 15) is 4.79 Å². The van der Waals surface area contributed by atoms with E-state index in [4.69, 9.17) is 9.84 Å². The summed E-state index contributed by atoms with van der Waals surface area (Å²) in [6, 6.07) is 0.849. The molecule has 0 aliphatic carbocycles. The van der Waals surface area contributed by atoms with Crippen molar-refractivity contribution in [2.75, 3.05) is 40.0 Å². The van der Waals surface area contributed by atoms with Crippen LogP contribution in [0.2, 0.25) is 0 Å². The number of nitrogens with zero attached hydrogens (tertiary/aromatic N) is 2. The number of amides is 1. The molecule has 2 heterocycles. The molecule has 5 heteroatoms. The minimum Gasteiger partial charge on any atom is -0.400 e. The quantitative estimate of drug-likeness (QED) is 0.717. The summed E-state index contributed by atoms with van der Waals surface area (Å²) in [6.45, 7) is 8.20. The average molecular weight is 246 g/mol. The monoisotopic (exact) mass is 246 g/mol. The molecule has 0 radical (unpaired) electrons. The van der Waals surface area contributed by atoms with Gasteiger partial charge in [0.25, 0.3) is 0 Å². The van der Waals surface area contributed by atoms with Crippen LogP contribution in [0.3, 0.4) is 0 Å². The van der Waals surface area contributed by atoms with Gasteiger partial charge in [-0.25, -0.2) is 0 Å². The van der Waals surface area contributed by atoms with Gasteiger partial charge in [-0.3, -0.25) is 9.69 Å². The zero-order valence-corrected chi connectivity index (χ0v) is 10.3. The first-order chi connectivity index (χ1) is 7.68. The van der Waals surface area contributed by atoms with Gasteiger partial charge in [-0.15, -0.1) is 0 Å². The van der Waals surface area contributed by atoms with Gasteiger partial charge in [-0.1, -0.05) is 7.43 Å². The predicted octanol–water partition coefficient (Wildman–Crippen LogP) is 0.182. The zero-order valence-electron chi connectivity index (χ0n) is 10.3. The molecule has 2 rings (SSSR count). The molecule has 2 saturated heterocycles. The van der Waals surface area contributed by atoms with E-state index >= 15 is 0 Å². The number of aliphatic hydroxyl groups excluding tert-OH is 1. The summed E-state index contributed by atoms with van der Waals surface area (Å²) in [4.78, 5) is 15.9. The van der Waals surface area contributed by atoms with Crippen molar-refractivity contribution in [3.8, 4) is 0 Å². The summed E-state index contributed by atoms with van der Waals surface area (Å²) in [5.74, 6) is 0.157. The van der Waals surface area contributed by atoms with Gasteiger partial charge in [0.1, 0.15) is 6.61 Å². The third kappa shape index (κ3) is 3.94. The minimum absolute atomic E-state index is 0. The lowest BCUT2D eigenvalue weighted by Gasteiger charge is -2.44. The number of aliphatic hydroxyl groups is 1. The molecule has 1 amide bonds. The van der Waals surface area contributed by atoms with E-state index < -0.39 is 0 Å². The van der Waals surface area contributed by atoms with Crippen LogP contribution in [0.25, 0.3) is 0 Å². The SMILES string of the molecule is C.CC(C)N1CCN2C(=O)COCC2C1.CO. The van der Waals surface area contributed by atoms with Crippen LogP contribution in [-0.4, -0.2) is 72.9 Å². The molecule has 1 atom stereocenters. The van der Waals surface area contributed by atoms with Crippen molar-refractivity contribution >= 4 is 5.91 Å². The Kier molecular flexibility index (Phi) is 7.34. The molecule has 17 heavy (non-hydrogen) atoms. The highest BCUT2D eigenvalue weighted by molar-refractivity contribution is 5.78. The van der Waals surface area contributed by atoms with Crippen LogP contribution in [0, 0.1) is 0 Å². The van der Waals surface area contributed by atoms with E-state index in [1.807, 2.05) is 4.90 Å². The maximum atomic E-state index is 11.5. The van der Waals surface area contributed by atoms with Crippen LogP contribution in [-0.2, 0) is 9.53 Å². The van der Waals surface area contributed by atoms with Gasteiger partial charge in [-0.2, -0.15) is 0 Å². The number of ether oxygens (including phenoxy) is 1. The molecule has 1 N–H and O–H groups in total. The van der Waals surface area contributed by atoms with E-state index in [-0.39, 0.29) is 26.0 Å². The zero-order chi connectivity index (χ0) is 12.1. The maximum absolute atomic E-state index is 11.5. The lowest BCUT2D eigenvalue weighted by molar-refractivity contribution is -0.153. The fourth-order valence-corrected chi connectivity index (χ4v) is 2.18. The summed E-state index contributed by atoms with van der Waals surface area (Å²) >= 11 is 0. The van der Waals surface area contributed by atoms with Crippen molar-refractivity contribution in [2.24, 2.45) is 0 Å². The first-order valence-corrected chi connectivity index (χ1v) is 5.74. The van der Waals surface area contributed by atoms with Gasteiger partial charge in [-0.05, 0) is 13.8 Å². The molecule has 2 aliphatic rings. The molecule has 0 aromatic rings. The molecule has 2 aliphatic heterocycles. The van der Waals surface area contributed by atoms with Crippen molar-refractivity contribution in [3.05, 3.63) is 0 Å². The van der Waals surface area contributed by atoms with Gasteiger partial charge in [0.15, 0.2) is 0 Å². The summed E-state index contributed by atoms with van der Waals surface area (Å²) in [5, 5.41) is 7.00. The third-order valence-corrected chi connectivity index (χ3v) is 3.10. The van der Waals surface area contributed by atoms with Crippen molar-refractivity contribution in [3.63, 3.8) is 0 Å². The van der Waals surface area contributed by atoms with E-state index in [0.717, 1.165) is 26.7 Å². The fourth-order valence-electron chi connectivity index (χ4n) is 2.18. The third-order valence-electron chi connectivity index (χ3n) is 3.10. The van der Waals surface area contributed by atoms with Gasteiger partial charge < -0.3 is 14.7 Å². The number of rotatable bonds is 1. The average Bonchev–Trinajstić information content (AvgIpc) is 2.31. The summed E-state index contributed by atoms with van der Waals surface area (Å²) in [5.41, 5.74) is 0. The Balaban J connectivity index is 0.000000811. The van der Waals surface area contributed by atoms with Gasteiger partial charge >= 0.3 is 0 Å². The van der Waals surface area contributed by atoms with Crippen molar-refractivity contribution < 1.29 is 14.6 Å². The highest BCUT2D eigenvalue weighted by Crippen LogP contribution is 2.16. The Morgan fingerprint density at radius 2 is 2.00 bits per heavy atom. The molecular weight excluding hydrogens is 220 g/mol. The summed E-state index contributed by atoms with van der Waals surface area (Å²) in [6.07, 6.45) is 0. The fraction of sp³-hybridized carbons (Fsp3) is 0.917. The number of hydrogen-bond donors (Lipinski definition) is 1. The van der Waals surface area contributed by atoms with Crippen molar-refractivity contribution in [2.45, 2.75) is 33.4 Å². The van der Waals surface area contributed by atoms with Crippen LogP contribution < -0.4 is 0 Å². The Hall–Kier alpha value is -0.650. The van der Waals surface area contributed by atoms with Crippen LogP contribution >= 0.6 is 0 Å². The molecule has 0 aromatic carbocycles. The lowest BCUT2D eigenvalue weighted by atomic mass is 10.1. The Bertz CT molecular complexity index is 234. The van der Waals surface area contributed by atoms with Crippen molar-refractivity contribution in [1.29, 1.82) is 0 Å². The standard InChI is InChI=1S/C10H18N2O2.CH4O.CH4/c1-8(2)11-3-4-12-9(5-11)6-14-7-10(12)13;1-2;/h8-9H,3-7H2,1-2H3;2H,1H3;1H4. The Morgan fingerprint density at radius 3 is 2.59 bits per heavy atom. The number of hydrogen-bond acceptors (Lipinski definition) is 4. The molecule has 0 bridgehead atoms. The van der Waals surface area contributed by atoms with E-state index in [2.05, 4.69) is 18.7 Å². The van der Waals surface area contributed by atoms with Gasteiger partial charge in [0.05, 0.1) is 12.6 Å². The van der Waals surface area contributed by atoms with Crippen LogP contribution in [0.1, 0.15) is 21.3 Å². The molecule has 5 nitrogen and oxygen atoms in total. The number of morpholine rings is 1. The van der Waals surface area contributed by atoms with Crippen LogP contribution in [0.4, 0.5) is 0 Å². The predicted molar refractivity (Wildman–Crippen MR) is 67.9 cm³/mol. The van der Waals surface area contributed by atoms with E-state index in [1.54, 1.807) is 0 Å². The van der Waals surface area contributed by atoms with E-state index in [0.29, 0.717) is 12.6 Å². The van der Waals surface area contributed by atoms with Crippen LogP contribution in [0.5, 0.6) is 0 Å². The molecule has 0 spiro atoms. The second-order valence-corrected chi connectivity index (χ2v) is 4.34. The summed E-state index contributed by atoms with van der Waals surface area (Å²) < 4.78 is 5.26. The Morgan fingerprint density at radius 1 is 1.35 bits per heavy atom. The largest absolute Gasteiger partial charge is 0.400 e. The molecule has 1 unspecified atom stereocenters. The molecular formula is C12H26N2O3. The normalized spacial score (nSPS) is 24.6. The first kappa shape index (κ1) is 16.4. The molecule has 0 aromatic heterocycles. The topological polar surface area (TPSA) is 53.0 Å². The smallest absolute Gasteiger partial charge is 0.248 e. The lowest BCUT2D eigenvalue weighted by Crippen LogP contribution is -2.61. The maximum Gasteiger partial charge on any atom is 0.248 e. The van der Waals surface area contributed by atoms with E-state index in [1.165, 1.54) is 0 Å². The highest BCUT2D eigenvalue weighted by Gasteiger charge is 2.34. The molecule has 102 valence electrons. The number of carbonyl (C=O) groups excluding carboxylic acids is 1. The number of fused-ring (bicyclic) bond motifs is 1. The second kappa shape index (κ2) is 7.63.